The highest BCUT2D eigenvalue weighted by Gasteiger charge is 2.23. The van der Waals surface area contributed by atoms with Crippen molar-refractivity contribution in [1.82, 2.24) is 4.90 Å². The van der Waals surface area contributed by atoms with Gasteiger partial charge in [-0.25, -0.2) is 8.42 Å². The molecule has 0 unspecified atom stereocenters. The average molecular weight is 373 g/mol. The molecule has 0 saturated carbocycles. The Hall–Kier alpha value is -2.18. The second-order valence-corrected chi connectivity index (χ2v) is 8.67. The molecule has 138 valence electrons. The van der Waals surface area contributed by atoms with Crippen LogP contribution < -0.4 is 0 Å². The van der Waals surface area contributed by atoms with Gasteiger partial charge in [-0.05, 0) is 23.3 Å². The van der Waals surface area contributed by atoms with Crippen molar-refractivity contribution in [2.75, 3.05) is 19.3 Å². The van der Waals surface area contributed by atoms with Crippen LogP contribution in [0.15, 0.2) is 59.5 Å². The topological polar surface area (TPSA) is 63.7 Å². The summed E-state index contributed by atoms with van der Waals surface area (Å²) in [6.45, 7) is 1.00. The molecule has 3 rings (SSSR count). The van der Waals surface area contributed by atoms with E-state index < -0.39 is 9.84 Å². The van der Waals surface area contributed by atoms with Crippen molar-refractivity contribution in [1.29, 1.82) is 0 Å². The maximum absolute atomic E-state index is 12.3. The number of hydrogen-bond acceptors (Lipinski definition) is 4. The minimum absolute atomic E-state index is 0.0307. The lowest BCUT2D eigenvalue weighted by atomic mass is 9.99. The van der Waals surface area contributed by atoms with Crippen LogP contribution in [0.3, 0.4) is 0 Å². The lowest BCUT2D eigenvalue weighted by Crippen LogP contribution is -2.38. The number of carbonyl (C=O) groups is 1. The summed E-state index contributed by atoms with van der Waals surface area (Å²) in [4.78, 5) is 14.2. The van der Waals surface area contributed by atoms with E-state index in [9.17, 15) is 13.2 Å². The second-order valence-electron chi connectivity index (χ2n) is 6.56. The molecule has 0 aromatic heterocycles. The normalized spacial score (nSPS) is 16.7. The fraction of sp³-hybridized carbons (Fsp3) is 0.350. The third-order valence-electron chi connectivity index (χ3n) is 4.63. The SMILES string of the molecule is CN(C[C@@H]1Cc2ccccc2CO1)C(=O)CCS(=O)(=O)c1ccccc1. The van der Waals surface area contributed by atoms with Gasteiger partial charge in [-0.3, -0.25) is 4.79 Å². The van der Waals surface area contributed by atoms with E-state index in [-0.39, 0.29) is 29.1 Å². The van der Waals surface area contributed by atoms with Crippen molar-refractivity contribution in [3.63, 3.8) is 0 Å². The number of rotatable bonds is 6. The number of nitrogens with zero attached hydrogens (tertiary/aromatic N) is 1. The summed E-state index contributed by atoms with van der Waals surface area (Å²) in [5.41, 5.74) is 2.43. The van der Waals surface area contributed by atoms with Gasteiger partial charge in [0.25, 0.3) is 0 Å². The van der Waals surface area contributed by atoms with E-state index in [0.717, 1.165) is 6.42 Å². The minimum atomic E-state index is -3.44. The Bertz CT molecular complexity index is 864. The average Bonchev–Trinajstić information content (AvgIpc) is 2.66. The van der Waals surface area contributed by atoms with E-state index in [4.69, 9.17) is 4.74 Å². The summed E-state index contributed by atoms with van der Waals surface area (Å²) in [6, 6.07) is 16.4. The van der Waals surface area contributed by atoms with Gasteiger partial charge in [-0.15, -0.1) is 0 Å². The summed E-state index contributed by atoms with van der Waals surface area (Å²) >= 11 is 0. The summed E-state index contributed by atoms with van der Waals surface area (Å²) < 4.78 is 30.4. The number of carbonyl (C=O) groups excluding carboxylic acids is 1. The highest BCUT2D eigenvalue weighted by molar-refractivity contribution is 7.91. The molecular formula is C20H23NO4S. The lowest BCUT2D eigenvalue weighted by Gasteiger charge is -2.29. The number of amides is 1. The quantitative estimate of drug-likeness (QED) is 0.780. The van der Waals surface area contributed by atoms with E-state index in [2.05, 4.69) is 12.1 Å². The molecule has 5 nitrogen and oxygen atoms in total. The van der Waals surface area contributed by atoms with Crippen LogP contribution in [0, 0.1) is 0 Å². The van der Waals surface area contributed by atoms with Crippen LogP contribution in [-0.4, -0.2) is 44.7 Å². The van der Waals surface area contributed by atoms with Crippen LogP contribution in [0.1, 0.15) is 17.5 Å². The van der Waals surface area contributed by atoms with Crippen LogP contribution in [-0.2, 0) is 32.4 Å². The molecule has 1 aliphatic heterocycles. The van der Waals surface area contributed by atoms with E-state index in [1.807, 2.05) is 12.1 Å². The zero-order valence-corrected chi connectivity index (χ0v) is 15.6. The maximum Gasteiger partial charge on any atom is 0.223 e. The van der Waals surface area contributed by atoms with E-state index in [1.54, 1.807) is 42.3 Å². The first kappa shape index (κ1) is 18.6. The number of benzene rings is 2. The molecule has 0 spiro atoms. The smallest absolute Gasteiger partial charge is 0.223 e. The van der Waals surface area contributed by atoms with Gasteiger partial charge >= 0.3 is 0 Å². The summed E-state index contributed by atoms with van der Waals surface area (Å²) in [7, 11) is -1.74. The van der Waals surface area contributed by atoms with Gasteiger partial charge in [-0.2, -0.15) is 0 Å². The molecule has 0 saturated heterocycles. The Labute approximate surface area is 154 Å². The Balaban J connectivity index is 1.53. The Morgan fingerprint density at radius 2 is 1.73 bits per heavy atom. The molecule has 1 atom stereocenters. The Morgan fingerprint density at radius 1 is 1.08 bits per heavy atom. The predicted octanol–water partition coefficient (Wildman–Crippen LogP) is 2.45. The van der Waals surface area contributed by atoms with Gasteiger partial charge in [-0.1, -0.05) is 42.5 Å². The van der Waals surface area contributed by atoms with E-state index in [0.29, 0.717) is 13.2 Å². The molecule has 0 N–H and O–H groups in total. The third-order valence-corrected chi connectivity index (χ3v) is 6.36. The second kappa shape index (κ2) is 8.01. The zero-order valence-electron chi connectivity index (χ0n) is 14.8. The van der Waals surface area contributed by atoms with Gasteiger partial charge in [0.1, 0.15) is 0 Å². The minimum Gasteiger partial charge on any atom is -0.371 e. The van der Waals surface area contributed by atoms with Gasteiger partial charge in [0.05, 0.1) is 23.4 Å². The van der Waals surface area contributed by atoms with Gasteiger partial charge in [0.15, 0.2) is 9.84 Å². The first-order valence-electron chi connectivity index (χ1n) is 8.66. The molecule has 1 amide bonds. The molecule has 0 fully saturated rings. The fourth-order valence-electron chi connectivity index (χ4n) is 3.09. The monoisotopic (exact) mass is 373 g/mol. The summed E-state index contributed by atoms with van der Waals surface area (Å²) in [5.74, 6) is -0.374. The third kappa shape index (κ3) is 4.51. The van der Waals surface area contributed by atoms with Gasteiger partial charge < -0.3 is 9.64 Å². The molecular weight excluding hydrogens is 350 g/mol. The molecule has 1 heterocycles. The van der Waals surface area contributed by atoms with Crippen molar-refractivity contribution < 1.29 is 17.9 Å². The fourth-order valence-corrected chi connectivity index (χ4v) is 4.34. The highest BCUT2D eigenvalue weighted by Crippen LogP contribution is 2.21. The molecule has 0 radical (unpaired) electrons. The largest absolute Gasteiger partial charge is 0.371 e. The van der Waals surface area contributed by atoms with Gasteiger partial charge in [0, 0.05) is 26.4 Å². The van der Waals surface area contributed by atoms with Crippen LogP contribution >= 0.6 is 0 Å². The number of likely N-dealkylation sites (N-methyl/N-ethyl adjacent to an activating group) is 1. The Morgan fingerprint density at radius 3 is 2.46 bits per heavy atom. The molecule has 26 heavy (non-hydrogen) atoms. The van der Waals surface area contributed by atoms with E-state index >= 15 is 0 Å². The first-order chi connectivity index (χ1) is 12.5. The van der Waals surface area contributed by atoms with Crippen LogP contribution in [0.5, 0.6) is 0 Å². The van der Waals surface area contributed by atoms with Crippen molar-refractivity contribution >= 4 is 15.7 Å². The molecule has 0 aliphatic carbocycles. The number of fused-ring (bicyclic) bond motifs is 1. The van der Waals surface area contributed by atoms with Crippen molar-refractivity contribution in [2.24, 2.45) is 0 Å². The highest BCUT2D eigenvalue weighted by atomic mass is 32.2. The molecule has 2 aromatic rings. The Kier molecular flexibility index (Phi) is 5.74. The van der Waals surface area contributed by atoms with Crippen LogP contribution in [0.25, 0.3) is 0 Å². The van der Waals surface area contributed by atoms with E-state index in [1.165, 1.54) is 11.1 Å². The van der Waals surface area contributed by atoms with Crippen LogP contribution in [0.2, 0.25) is 0 Å². The molecule has 6 heteroatoms. The summed E-state index contributed by atoms with van der Waals surface area (Å²) in [6.07, 6.45) is 0.664. The lowest BCUT2D eigenvalue weighted by molar-refractivity contribution is -0.131. The predicted molar refractivity (Wildman–Crippen MR) is 99.5 cm³/mol. The van der Waals surface area contributed by atoms with Gasteiger partial charge in [0.2, 0.25) is 5.91 Å². The zero-order chi connectivity index (χ0) is 18.6. The summed E-state index contributed by atoms with van der Waals surface area (Å²) in [5, 5.41) is 0. The number of hydrogen-bond donors (Lipinski definition) is 0. The number of sulfone groups is 1. The molecule has 1 aliphatic rings. The van der Waals surface area contributed by atoms with Crippen molar-refractivity contribution in [3.05, 3.63) is 65.7 Å². The number of ether oxygens (including phenoxy) is 1. The van der Waals surface area contributed by atoms with Crippen molar-refractivity contribution in [3.8, 4) is 0 Å². The molecule has 2 aromatic carbocycles. The molecule has 0 bridgehead atoms. The van der Waals surface area contributed by atoms with Crippen LogP contribution in [0.4, 0.5) is 0 Å². The maximum atomic E-state index is 12.3. The first-order valence-corrected chi connectivity index (χ1v) is 10.3. The standard InChI is InChI=1S/C20H23NO4S/c1-21(14-18-13-16-7-5-6-8-17(16)15-25-18)20(22)11-12-26(23,24)19-9-3-2-4-10-19/h2-10,18H,11-15H2,1H3/t18-/m0/s1. The van der Waals surface area contributed by atoms with Crippen molar-refractivity contribution in [2.45, 2.75) is 30.4 Å².